The Kier molecular flexibility index (Phi) is 11.2. The number of ketones is 1. The van der Waals surface area contributed by atoms with E-state index in [4.69, 9.17) is 4.74 Å². The first kappa shape index (κ1) is 32.9. The SMILES string of the molecule is CC(C)C[C@H](NC(=O)C(=O)Nc1ccc(F)cc1)C(=O)N[C@@H](C[C@@H]1CCNC1=O)C(=O)COc1c(F)c(F)cc(F)c1F. The monoisotopic (exact) mass is 612 g/mol. The fourth-order valence-electron chi connectivity index (χ4n) is 4.27. The number of rotatable bonds is 12. The van der Waals surface area contributed by atoms with Crippen LogP contribution in [-0.2, 0) is 24.0 Å². The summed E-state index contributed by atoms with van der Waals surface area (Å²) < 4.78 is 73.0. The third-order valence-corrected chi connectivity index (χ3v) is 6.46. The maximum absolute atomic E-state index is 14.0. The molecule has 0 saturated carbocycles. The third-order valence-electron chi connectivity index (χ3n) is 6.46. The van der Waals surface area contributed by atoms with Gasteiger partial charge in [-0.2, -0.15) is 8.78 Å². The van der Waals surface area contributed by atoms with E-state index in [0.717, 1.165) is 12.1 Å². The Labute approximate surface area is 242 Å². The lowest BCUT2D eigenvalue weighted by Gasteiger charge is -2.25. The van der Waals surface area contributed by atoms with Gasteiger partial charge in [0, 0.05) is 24.2 Å². The number of nitrogens with one attached hydrogen (secondary N) is 4. The summed E-state index contributed by atoms with van der Waals surface area (Å²) in [6, 6.07) is 1.66. The Balaban J connectivity index is 1.75. The number of Topliss-reactive ketones (excluding diaryl/α,β-unsaturated/α-hetero) is 1. The summed E-state index contributed by atoms with van der Waals surface area (Å²) in [5.74, 6) is -15.0. The summed E-state index contributed by atoms with van der Waals surface area (Å²) in [5, 5.41) is 9.47. The van der Waals surface area contributed by atoms with Crippen molar-refractivity contribution in [1.29, 1.82) is 0 Å². The third kappa shape index (κ3) is 8.96. The van der Waals surface area contributed by atoms with E-state index in [1.165, 1.54) is 12.1 Å². The molecule has 10 nitrogen and oxygen atoms in total. The molecule has 3 rings (SSSR count). The van der Waals surface area contributed by atoms with Crippen molar-refractivity contribution in [1.82, 2.24) is 16.0 Å². The summed E-state index contributed by atoms with van der Waals surface area (Å²) in [5.41, 5.74) is 0.109. The molecule has 2 aromatic rings. The van der Waals surface area contributed by atoms with E-state index in [2.05, 4.69) is 21.3 Å². The molecular formula is C28H29F5N4O6. The van der Waals surface area contributed by atoms with Crippen molar-refractivity contribution in [3.05, 3.63) is 59.4 Å². The fraction of sp³-hybridized carbons (Fsp3) is 0.393. The first-order valence-electron chi connectivity index (χ1n) is 13.2. The maximum atomic E-state index is 14.0. The number of amides is 4. The van der Waals surface area contributed by atoms with E-state index in [1.807, 2.05) is 0 Å². The molecule has 3 atom stereocenters. The van der Waals surface area contributed by atoms with E-state index >= 15 is 0 Å². The highest BCUT2D eigenvalue weighted by atomic mass is 19.2. The van der Waals surface area contributed by atoms with Crippen molar-refractivity contribution >= 4 is 35.1 Å². The highest BCUT2D eigenvalue weighted by Gasteiger charge is 2.34. The summed E-state index contributed by atoms with van der Waals surface area (Å²) in [6.07, 6.45) is 0.0325. The molecule has 4 N–H and O–H groups in total. The molecule has 0 spiro atoms. The Morgan fingerprint density at radius 2 is 1.56 bits per heavy atom. The molecule has 4 amide bonds. The maximum Gasteiger partial charge on any atom is 0.313 e. The van der Waals surface area contributed by atoms with Crippen LogP contribution in [0.25, 0.3) is 0 Å². The normalized spacial score (nSPS) is 15.8. The average Bonchev–Trinajstić information content (AvgIpc) is 3.35. The van der Waals surface area contributed by atoms with Gasteiger partial charge in [-0.05, 0) is 49.4 Å². The molecule has 43 heavy (non-hydrogen) atoms. The summed E-state index contributed by atoms with van der Waals surface area (Å²) in [7, 11) is 0. The molecular weight excluding hydrogens is 583 g/mol. The van der Waals surface area contributed by atoms with E-state index in [0.29, 0.717) is 13.0 Å². The first-order chi connectivity index (χ1) is 20.3. The standard InChI is InChI=1S/C28H29F5N4O6/c1-13(2)9-20(37-28(42)27(41)35-16-5-3-15(29)4-6-16)26(40)36-19(10-14-7-8-34-25(14)39)21(38)12-43-24-22(32)17(30)11-18(31)23(24)33/h3-6,11,13-14,19-20H,7-10,12H2,1-2H3,(H,34,39)(H,35,41)(H,36,40)(H,37,42)/t14-,19-,20-/m0/s1. The molecule has 0 radical (unpaired) electrons. The second-order valence-corrected chi connectivity index (χ2v) is 10.2. The molecule has 1 fully saturated rings. The van der Waals surface area contributed by atoms with Gasteiger partial charge < -0.3 is 26.0 Å². The molecule has 1 heterocycles. The van der Waals surface area contributed by atoms with Gasteiger partial charge >= 0.3 is 11.8 Å². The quantitative estimate of drug-likeness (QED) is 0.165. The Hall–Kier alpha value is -4.56. The van der Waals surface area contributed by atoms with Gasteiger partial charge in [0.25, 0.3) is 0 Å². The lowest BCUT2D eigenvalue weighted by Crippen LogP contribution is -2.54. The van der Waals surface area contributed by atoms with Crippen LogP contribution in [0.5, 0.6) is 5.75 Å². The molecule has 1 aliphatic rings. The number of carbonyl (C=O) groups excluding carboxylic acids is 5. The van der Waals surface area contributed by atoms with Crippen LogP contribution in [0, 0.1) is 40.9 Å². The number of hydrogen-bond donors (Lipinski definition) is 4. The van der Waals surface area contributed by atoms with Crippen LogP contribution in [0.2, 0.25) is 0 Å². The van der Waals surface area contributed by atoms with Gasteiger partial charge in [0.1, 0.15) is 18.5 Å². The van der Waals surface area contributed by atoms with Crippen LogP contribution < -0.4 is 26.0 Å². The summed E-state index contributed by atoms with van der Waals surface area (Å²) in [4.78, 5) is 63.4. The Morgan fingerprint density at radius 1 is 0.930 bits per heavy atom. The zero-order chi connectivity index (χ0) is 31.8. The van der Waals surface area contributed by atoms with Gasteiger partial charge in [-0.3, -0.25) is 24.0 Å². The molecule has 0 unspecified atom stereocenters. The van der Waals surface area contributed by atoms with Crippen LogP contribution in [0.15, 0.2) is 30.3 Å². The Morgan fingerprint density at radius 3 is 2.12 bits per heavy atom. The van der Waals surface area contributed by atoms with Crippen LogP contribution in [0.1, 0.15) is 33.1 Å². The zero-order valence-electron chi connectivity index (χ0n) is 23.1. The zero-order valence-corrected chi connectivity index (χ0v) is 23.1. The van der Waals surface area contributed by atoms with Crippen molar-refractivity contribution in [2.24, 2.45) is 11.8 Å². The highest BCUT2D eigenvalue weighted by molar-refractivity contribution is 6.40. The molecule has 1 aliphatic heterocycles. The van der Waals surface area contributed by atoms with E-state index in [1.54, 1.807) is 13.8 Å². The number of hydrogen-bond acceptors (Lipinski definition) is 6. The lowest BCUT2D eigenvalue weighted by molar-refractivity contribution is -0.138. The van der Waals surface area contributed by atoms with Crippen LogP contribution in [0.4, 0.5) is 27.6 Å². The molecule has 1 saturated heterocycles. The minimum Gasteiger partial charge on any atom is -0.479 e. The average molecular weight is 613 g/mol. The number of halogens is 5. The van der Waals surface area contributed by atoms with Crippen molar-refractivity contribution in [3.63, 3.8) is 0 Å². The van der Waals surface area contributed by atoms with Gasteiger partial charge in [0.2, 0.25) is 23.4 Å². The predicted octanol–water partition coefficient (Wildman–Crippen LogP) is 2.51. The van der Waals surface area contributed by atoms with Gasteiger partial charge in [-0.25, -0.2) is 13.2 Å². The van der Waals surface area contributed by atoms with Crippen LogP contribution in [0.3, 0.4) is 0 Å². The van der Waals surface area contributed by atoms with Crippen LogP contribution >= 0.6 is 0 Å². The number of carbonyl (C=O) groups is 5. The molecule has 2 aromatic carbocycles. The fourth-order valence-corrected chi connectivity index (χ4v) is 4.27. The predicted molar refractivity (Wildman–Crippen MR) is 141 cm³/mol. The van der Waals surface area contributed by atoms with E-state index in [9.17, 15) is 45.9 Å². The van der Waals surface area contributed by atoms with Crippen molar-refractivity contribution in [3.8, 4) is 5.75 Å². The second-order valence-electron chi connectivity index (χ2n) is 10.2. The van der Waals surface area contributed by atoms with Gasteiger partial charge in [0.15, 0.2) is 23.2 Å². The number of benzene rings is 2. The highest BCUT2D eigenvalue weighted by Crippen LogP contribution is 2.27. The van der Waals surface area contributed by atoms with Crippen molar-refractivity contribution in [2.45, 2.75) is 45.2 Å². The summed E-state index contributed by atoms with van der Waals surface area (Å²) >= 11 is 0. The number of ether oxygens (including phenoxy) is 1. The number of anilines is 1. The summed E-state index contributed by atoms with van der Waals surface area (Å²) in [6.45, 7) is 2.58. The van der Waals surface area contributed by atoms with Gasteiger partial charge in [0.05, 0.1) is 6.04 Å². The second kappa shape index (κ2) is 14.6. The van der Waals surface area contributed by atoms with Gasteiger partial charge in [-0.15, -0.1) is 0 Å². The molecule has 15 heteroatoms. The smallest absolute Gasteiger partial charge is 0.313 e. The first-order valence-corrected chi connectivity index (χ1v) is 13.2. The minimum atomic E-state index is -1.87. The molecule has 0 aliphatic carbocycles. The van der Waals surface area contributed by atoms with Crippen molar-refractivity contribution in [2.75, 3.05) is 18.5 Å². The largest absolute Gasteiger partial charge is 0.479 e. The molecule has 0 aromatic heterocycles. The minimum absolute atomic E-state index is 0.00170. The van der Waals surface area contributed by atoms with E-state index < -0.39 is 88.9 Å². The van der Waals surface area contributed by atoms with E-state index in [-0.39, 0.29) is 30.5 Å². The topological polar surface area (TPSA) is 143 Å². The van der Waals surface area contributed by atoms with Gasteiger partial charge in [-0.1, -0.05) is 13.8 Å². The van der Waals surface area contributed by atoms with Crippen molar-refractivity contribution < 1.29 is 50.7 Å². The molecule has 0 bridgehead atoms. The van der Waals surface area contributed by atoms with Crippen LogP contribution in [-0.4, -0.2) is 54.6 Å². The molecule has 232 valence electrons. The lowest BCUT2D eigenvalue weighted by atomic mass is 9.95. The Bertz CT molecular complexity index is 1360.